The minimum atomic E-state index is -0.383. The van der Waals surface area contributed by atoms with Crippen molar-refractivity contribution in [1.82, 2.24) is 0 Å². The normalized spacial score (nSPS) is 15.3. The van der Waals surface area contributed by atoms with Crippen LogP contribution in [0.25, 0.3) is 5.57 Å². The van der Waals surface area contributed by atoms with Crippen LogP contribution in [0.3, 0.4) is 0 Å². The van der Waals surface area contributed by atoms with E-state index < -0.39 is 0 Å². The predicted molar refractivity (Wildman–Crippen MR) is 92.7 cm³/mol. The monoisotopic (exact) mass is 329 g/mol. The summed E-state index contributed by atoms with van der Waals surface area (Å²) in [5.74, 6) is -0.252. The lowest BCUT2D eigenvalue weighted by atomic mass is 9.99. The van der Waals surface area contributed by atoms with Crippen LogP contribution >= 0.6 is 0 Å². The van der Waals surface area contributed by atoms with Crippen LogP contribution in [0.15, 0.2) is 24.0 Å². The molecule has 0 fully saturated rings. The van der Waals surface area contributed by atoms with Crippen molar-refractivity contribution >= 4 is 28.9 Å². The van der Waals surface area contributed by atoms with Gasteiger partial charge in [0.25, 0.3) is 5.91 Å². The number of allylic oxidation sites excluding steroid dienone is 1. The van der Waals surface area contributed by atoms with Crippen LogP contribution in [-0.4, -0.2) is 24.7 Å². The first-order valence-corrected chi connectivity index (χ1v) is 8.19. The number of methoxy groups -OCH3 is 1. The average Bonchev–Trinajstić information content (AvgIpc) is 2.83. The third kappa shape index (κ3) is 3.25. The Morgan fingerprint density at radius 3 is 2.42 bits per heavy atom. The van der Waals surface area contributed by atoms with Gasteiger partial charge in [0.05, 0.1) is 18.4 Å². The van der Waals surface area contributed by atoms with Gasteiger partial charge in [0.2, 0.25) is 5.91 Å². The van der Waals surface area contributed by atoms with Gasteiger partial charge in [0, 0.05) is 24.5 Å². The van der Waals surface area contributed by atoms with Gasteiger partial charge in [-0.15, -0.1) is 0 Å². The summed E-state index contributed by atoms with van der Waals surface area (Å²) in [6, 6.07) is 4.96. The first-order chi connectivity index (χ1) is 11.4. The second-order valence-corrected chi connectivity index (χ2v) is 5.91. The highest BCUT2D eigenvalue weighted by Crippen LogP contribution is 2.40. The van der Waals surface area contributed by atoms with Crippen molar-refractivity contribution in [3.05, 3.63) is 35.1 Å². The number of nitrogens with zero attached hydrogens (tertiary/aromatic N) is 1. The summed E-state index contributed by atoms with van der Waals surface area (Å²) in [7, 11) is 1.53. The Hall–Kier alpha value is -2.43. The van der Waals surface area contributed by atoms with Gasteiger partial charge in [0.15, 0.2) is 5.78 Å². The number of imide groups is 1. The van der Waals surface area contributed by atoms with Crippen LogP contribution in [0.5, 0.6) is 0 Å². The fraction of sp³-hybridized carbons (Fsp3) is 0.421. The standard InChI is InChI=1S/C19H23NO4/c1-5-6-7-8-17(24-4)18-15-11-14(12(2)21)9-10-16(15)20(13(3)22)19(18)23/h9-11H,5-8H2,1-4H3/b18-17-. The third-order valence-electron chi connectivity index (χ3n) is 4.18. The van der Waals surface area contributed by atoms with Gasteiger partial charge in [-0.3, -0.25) is 14.4 Å². The number of anilines is 1. The van der Waals surface area contributed by atoms with Crippen molar-refractivity contribution in [2.24, 2.45) is 0 Å². The number of benzene rings is 1. The Bertz CT molecular complexity index is 718. The number of unbranched alkanes of at least 4 members (excludes halogenated alkanes) is 2. The SMILES string of the molecule is CCCCC/C(OC)=C1/C(=O)N(C(C)=O)c2ccc(C(C)=O)cc21. The van der Waals surface area contributed by atoms with Gasteiger partial charge in [0.1, 0.15) is 5.76 Å². The van der Waals surface area contributed by atoms with Gasteiger partial charge in [-0.1, -0.05) is 19.8 Å². The Morgan fingerprint density at radius 2 is 1.88 bits per heavy atom. The Balaban J connectivity index is 2.60. The molecular formula is C19H23NO4. The lowest BCUT2D eigenvalue weighted by Crippen LogP contribution is -2.31. The zero-order valence-electron chi connectivity index (χ0n) is 14.6. The molecule has 1 heterocycles. The molecule has 5 nitrogen and oxygen atoms in total. The zero-order valence-corrected chi connectivity index (χ0v) is 14.6. The number of Topliss-reactive ketones (excluding diaryl/α,β-unsaturated/α-hetero) is 1. The van der Waals surface area contributed by atoms with E-state index in [4.69, 9.17) is 4.74 Å². The first kappa shape index (κ1) is 17.9. The summed E-state index contributed by atoms with van der Waals surface area (Å²) in [4.78, 5) is 37.6. The van der Waals surface area contributed by atoms with Crippen LogP contribution in [0.2, 0.25) is 0 Å². The minimum Gasteiger partial charge on any atom is -0.500 e. The summed E-state index contributed by atoms with van der Waals surface area (Å²) in [5, 5.41) is 0. The van der Waals surface area contributed by atoms with Crippen molar-refractivity contribution in [2.45, 2.75) is 46.5 Å². The van der Waals surface area contributed by atoms with Gasteiger partial charge in [-0.05, 0) is 31.5 Å². The molecule has 0 saturated heterocycles. The molecule has 0 unspecified atom stereocenters. The van der Waals surface area contributed by atoms with Crippen LogP contribution in [0, 0.1) is 0 Å². The van der Waals surface area contributed by atoms with E-state index >= 15 is 0 Å². The van der Waals surface area contributed by atoms with Crippen LogP contribution in [-0.2, 0) is 14.3 Å². The lowest BCUT2D eigenvalue weighted by molar-refractivity contribution is -0.122. The number of rotatable bonds is 6. The lowest BCUT2D eigenvalue weighted by Gasteiger charge is -2.12. The highest BCUT2D eigenvalue weighted by molar-refractivity contribution is 6.40. The highest BCUT2D eigenvalue weighted by atomic mass is 16.5. The maximum atomic E-state index is 12.8. The van der Waals surface area contributed by atoms with Gasteiger partial charge >= 0.3 is 0 Å². The number of carbonyl (C=O) groups is 3. The number of hydrogen-bond donors (Lipinski definition) is 0. The van der Waals surface area contributed by atoms with Crippen molar-refractivity contribution in [3.63, 3.8) is 0 Å². The van der Waals surface area contributed by atoms with E-state index in [1.165, 1.54) is 21.0 Å². The van der Waals surface area contributed by atoms with Crippen molar-refractivity contribution in [2.75, 3.05) is 12.0 Å². The molecule has 0 spiro atoms. The number of amides is 2. The molecule has 5 heteroatoms. The second-order valence-electron chi connectivity index (χ2n) is 5.91. The zero-order chi connectivity index (χ0) is 17.9. The summed E-state index contributed by atoms with van der Waals surface area (Å²) in [5.41, 5.74) is 2.00. The molecule has 128 valence electrons. The Morgan fingerprint density at radius 1 is 1.17 bits per heavy atom. The van der Waals surface area contributed by atoms with Gasteiger partial charge < -0.3 is 4.74 Å². The van der Waals surface area contributed by atoms with E-state index in [9.17, 15) is 14.4 Å². The molecule has 0 aliphatic carbocycles. The molecule has 0 bridgehead atoms. The van der Waals surface area contributed by atoms with E-state index in [1.54, 1.807) is 18.2 Å². The van der Waals surface area contributed by atoms with E-state index in [2.05, 4.69) is 6.92 Å². The van der Waals surface area contributed by atoms with Crippen molar-refractivity contribution in [1.29, 1.82) is 0 Å². The van der Waals surface area contributed by atoms with E-state index in [-0.39, 0.29) is 17.6 Å². The molecular weight excluding hydrogens is 306 g/mol. The molecule has 1 aliphatic heterocycles. The fourth-order valence-electron chi connectivity index (χ4n) is 2.93. The summed E-state index contributed by atoms with van der Waals surface area (Å²) in [6.07, 6.45) is 3.62. The Kier molecular flexibility index (Phi) is 5.54. The predicted octanol–water partition coefficient (Wildman–Crippen LogP) is 3.72. The quantitative estimate of drug-likeness (QED) is 0.345. The molecule has 0 radical (unpaired) electrons. The maximum Gasteiger partial charge on any atom is 0.269 e. The van der Waals surface area contributed by atoms with Crippen LogP contribution in [0.1, 0.15) is 62.4 Å². The van der Waals surface area contributed by atoms with Gasteiger partial charge in [-0.25, -0.2) is 4.90 Å². The summed E-state index contributed by atoms with van der Waals surface area (Å²) < 4.78 is 5.47. The molecule has 24 heavy (non-hydrogen) atoms. The molecule has 0 atom stereocenters. The molecule has 0 N–H and O–H groups in total. The van der Waals surface area contributed by atoms with Crippen molar-refractivity contribution in [3.8, 4) is 0 Å². The first-order valence-electron chi connectivity index (χ1n) is 8.19. The molecule has 2 rings (SSSR count). The smallest absolute Gasteiger partial charge is 0.269 e. The maximum absolute atomic E-state index is 12.8. The van der Waals surface area contributed by atoms with Crippen LogP contribution < -0.4 is 4.90 Å². The highest BCUT2D eigenvalue weighted by Gasteiger charge is 2.37. The number of ketones is 1. The Labute approximate surface area is 142 Å². The minimum absolute atomic E-state index is 0.0872. The topological polar surface area (TPSA) is 63.7 Å². The number of ether oxygens (including phenoxy) is 1. The fourth-order valence-corrected chi connectivity index (χ4v) is 2.93. The molecule has 2 amide bonds. The van der Waals surface area contributed by atoms with Gasteiger partial charge in [-0.2, -0.15) is 0 Å². The third-order valence-corrected chi connectivity index (χ3v) is 4.18. The molecule has 0 aromatic heterocycles. The molecule has 1 aliphatic rings. The van der Waals surface area contributed by atoms with E-state index in [0.29, 0.717) is 34.6 Å². The molecule has 1 aromatic rings. The number of hydrogen-bond acceptors (Lipinski definition) is 4. The molecule has 1 aromatic carbocycles. The second kappa shape index (κ2) is 7.43. The average molecular weight is 329 g/mol. The number of carbonyl (C=O) groups excluding carboxylic acids is 3. The van der Waals surface area contributed by atoms with E-state index in [0.717, 1.165) is 24.2 Å². The van der Waals surface area contributed by atoms with Crippen molar-refractivity contribution < 1.29 is 19.1 Å². The molecule has 0 saturated carbocycles. The summed E-state index contributed by atoms with van der Waals surface area (Å²) >= 11 is 0. The summed E-state index contributed by atoms with van der Waals surface area (Å²) in [6.45, 7) is 4.93. The number of fused-ring (bicyclic) bond motifs is 1. The van der Waals surface area contributed by atoms with E-state index in [1.807, 2.05) is 0 Å². The largest absolute Gasteiger partial charge is 0.500 e. The van der Waals surface area contributed by atoms with Crippen LogP contribution in [0.4, 0.5) is 5.69 Å².